The van der Waals surface area contributed by atoms with Crippen molar-refractivity contribution < 1.29 is 0 Å². The Kier molecular flexibility index (Phi) is 4.22. The van der Waals surface area contributed by atoms with Crippen LogP contribution in [-0.4, -0.2) is 38.6 Å². The smallest absolute Gasteiger partial charge is 0.0991 e. The van der Waals surface area contributed by atoms with E-state index in [0.717, 1.165) is 18.0 Å². The maximum Gasteiger partial charge on any atom is 0.0991 e. The molecule has 96 valence electrons. The van der Waals surface area contributed by atoms with E-state index < -0.39 is 0 Å². The highest BCUT2D eigenvalue weighted by molar-refractivity contribution is 5.49. The van der Waals surface area contributed by atoms with Gasteiger partial charge in [-0.3, -0.25) is 0 Å². The third-order valence-electron chi connectivity index (χ3n) is 3.69. The Labute approximate surface area is 110 Å². The number of benzene rings is 1. The van der Waals surface area contributed by atoms with Crippen LogP contribution in [0.4, 0.5) is 5.69 Å². The van der Waals surface area contributed by atoms with Crippen LogP contribution in [0.1, 0.15) is 18.4 Å². The fourth-order valence-electron chi connectivity index (χ4n) is 2.71. The van der Waals surface area contributed by atoms with Gasteiger partial charge in [-0.25, -0.2) is 0 Å². The molecule has 1 aromatic rings. The second-order valence-corrected chi connectivity index (χ2v) is 5.31. The molecule has 18 heavy (non-hydrogen) atoms. The molecular formula is C15H21N3. The van der Waals surface area contributed by atoms with Crippen LogP contribution in [0.5, 0.6) is 0 Å². The van der Waals surface area contributed by atoms with Gasteiger partial charge in [0.25, 0.3) is 0 Å². The van der Waals surface area contributed by atoms with Crippen molar-refractivity contribution in [2.75, 3.05) is 38.6 Å². The standard InChI is InChI=1S/C15H21N3/c1-17-9-3-4-14(11-17)12-18(2)15-7-5-13(10-16)6-8-15/h5-8,14H,3-4,9,11-12H2,1-2H3. The first-order valence-corrected chi connectivity index (χ1v) is 6.59. The summed E-state index contributed by atoms with van der Waals surface area (Å²) in [5.74, 6) is 0.754. The average Bonchev–Trinajstić information content (AvgIpc) is 2.39. The van der Waals surface area contributed by atoms with Crippen LogP contribution in [0, 0.1) is 17.2 Å². The highest BCUT2D eigenvalue weighted by atomic mass is 15.1. The van der Waals surface area contributed by atoms with Crippen LogP contribution < -0.4 is 4.90 Å². The Balaban J connectivity index is 1.94. The van der Waals surface area contributed by atoms with Gasteiger partial charge in [0, 0.05) is 25.8 Å². The fraction of sp³-hybridized carbons (Fsp3) is 0.533. The van der Waals surface area contributed by atoms with Gasteiger partial charge in [0.05, 0.1) is 11.6 Å². The quantitative estimate of drug-likeness (QED) is 0.816. The average molecular weight is 243 g/mol. The third-order valence-corrected chi connectivity index (χ3v) is 3.69. The first kappa shape index (κ1) is 12.9. The van der Waals surface area contributed by atoms with Crippen molar-refractivity contribution in [3.8, 4) is 6.07 Å². The van der Waals surface area contributed by atoms with Crippen molar-refractivity contribution in [1.29, 1.82) is 5.26 Å². The van der Waals surface area contributed by atoms with Crippen molar-refractivity contribution in [3.63, 3.8) is 0 Å². The van der Waals surface area contributed by atoms with Gasteiger partial charge >= 0.3 is 0 Å². The largest absolute Gasteiger partial charge is 0.374 e. The fourth-order valence-corrected chi connectivity index (χ4v) is 2.71. The summed E-state index contributed by atoms with van der Waals surface area (Å²) in [6.07, 6.45) is 2.63. The minimum Gasteiger partial charge on any atom is -0.374 e. The summed E-state index contributed by atoms with van der Waals surface area (Å²) in [5.41, 5.74) is 1.92. The lowest BCUT2D eigenvalue weighted by molar-refractivity contribution is 0.213. The molecule has 1 atom stereocenters. The maximum atomic E-state index is 8.79. The molecule has 0 aromatic heterocycles. The molecule has 2 rings (SSSR count). The molecule has 0 amide bonds. The van der Waals surface area contributed by atoms with E-state index in [4.69, 9.17) is 5.26 Å². The van der Waals surface area contributed by atoms with E-state index in [2.05, 4.69) is 30.0 Å². The molecule has 1 heterocycles. The van der Waals surface area contributed by atoms with Gasteiger partial charge in [-0.1, -0.05) is 0 Å². The molecule has 0 aliphatic carbocycles. The summed E-state index contributed by atoms with van der Waals surface area (Å²) >= 11 is 0. The first-order chi connectivity index (χ1) is 8.69. The molecule has 0 bridgehead atoms. The summed E-state index contributed by atoms with van der Waals surface area (Å²) in [6.45, 7) is 3.52. The van der Waals surface area contributed by atoms with E-state index in [1.165, 1.54) is 31.6 Å². The Bertz CT molecular complexity index is 418. The number of rotatable bonds is 3. The van der Waals surface area contributed by atoms with Crippen LogP contribution in [-0.2, 0) is 0 Å². The number of piperidine rings is 1. The number of hydrogen-bond donors (Lipinski definition) is 0. The predicted octanol–water partition coefficient (Wildman–Crippen LogP) is 2.34. The van der Waals surface area contributed by atoms with Crippen molar-refractivity contribution in [2.24, 2.45) is 5.92 Å². The number of anilines is 1. The molecule has 1 aliphatic heterocycles. The van der Waals surface area contributed by atoms with E-state index >= 15 is 0 Å². The lowest BCUT2D eigenvalue weighted by Gasteiger charge is -2.33. The van der Waals surface area contributed by atoms with E-state index in [9.17, 15) is 0 Å². The Morgan fingerprint density at radius 3 is 2.72 bits per heavy atom. The van der Waals surface area contributed by atoms with Crippen LogP contribution in [0.2, 0.25) is 0 Å². The Morgan fingerprint density at radius 1 is 1.39 bits per heavy atom. The van der Waals surface area contributed by atoms with Crippen molar-refractivity contribution >= 4 is 5.69 Å². The lowest BCUT2D eigenvalue weighted by Crippen LogP contribution is -2.38. The summed E-state index contributed by atoms with van der Waals surface area (Å²) in [5, 5.41) is 8.79. The van der Waals surface area contributed by atoms with E-state index in [-0.39, 0.29) is 0 Å². The van der Waals surface area contributed by atoms with Crippen LogP contribution in [0.15, 0.2) is 24.3 Å². The van der Waals surface area contributed by atoms with Crippen molar-refractivity contribution in [2.45, 2.75) is 12.8 Å². The zero-order chi connectivity index (χ0) is 13.0. The predicted molar refractivity (Wildman–Crippen MR) is 74.6 cm³/mol. The summed E-state index contributed by atoms with van der Waals surface area (Å²) < 4.78 is 0. The maximum absolute atomic E-state index is 8.79. The summed E-state index contributed by atoms with van der Waals surface area (Å²) in [7, 11) is 4.34. The first-order valence-electron chi connectivity index (χ1n) is 6.59. The van der Waals surface area contributed by atoms with E-state index in [1.807, 2.05) is 24.3 Å². The van der Waals surface area contributed by atoms with Gasteiger partial charge in [-0.05, 0) is 56.6 Å². The highest BCUT2D eigenvalue weighted by Crippen LogP contribution is 2.20. The van der Waals surface area contributed by atoms with Crippen LogP contribution in [0.3, 0.4) is 0 Å². The number of nitrogens with zero attached hydrogens (tertiary/aromatic N) is 3. The molecule has 1 fully saturated rings. The van der Waals surface area contributed by atoms with Gasteiger partial charge in [0.2, 0.25) is 0 Å². The topological polar surface area (TPSA) is 30.3 Å². The zero-order valence-corrected chi connectivity index (χ0v) is 11.3. The summed E-state index contributed by atoms with van der Waals surface area (Å²) in [4.78, 5) is 4.71. The molecule has 3 heteroatoms. The molecule has 1 unspecified atom stereocenters. The minimum absolute atomic E-state index is 0.726. The molecule has 1 aromatic carbocycles. The second kappa shape index (κ2) is 5.88. The number of nitriles is 1. The molecule has 0 spiro atoms. The van der Waals surface area contributed by atoms with Gasteiger partial charge in [0.1, 0.15) is 0 Å². The molecule has 1 aliphatic rings. The number of likely N-dealkylation sites (tertiary alicyclic amines) is 1. The highest BCUT2D eigenvalue weighted by Gasteiger charge is 2.18. The van der Waals surface area contributed by atoms with Gasteiger partial charge < -0.3 is 9.80 Å². The molecule has 0 N–H and O–H groups in total. The second-order valence-electron chi connectivity index (χ2n) is 5.31. The van der Waals surface area contributed by atoms with E-state index in [1.54, 1.807) is 0 Å². The molecular weight excluding hydrogens is 222 g/mol. The minimum atomic E-state index is 0.726. The third kappa shape index (κ3) is 3.24. The Hall–Kier alpha value is -1.53. The molecule has 0 radical (unpaired) electrons. The molecule has 1 saturated heterocycles. The molecule has 3 nitrogen and oxygen atoms in total. The van der Waals surface area contributed by atoms with Gasteiger partial charge in [-0.2, -0.15) is 5.26 Å². The zero-order valence-electron chi connectivity index (χ0n) is 11.3. The van der Waals surface area contributed by atoms with Crippen molar-refractivity contribution in [3.05, 3.63) is 29.8 Å². The molecule has 0 saturated carbocycles. The monoisotopic (exact) mass is 243 g/mol. The van der Waals surface area contributed by atoms with Crippen LogP contribution in [0.25, 0.3) is 0 Å². The van der Waals surface area contributed by atoms with Gasteiger partial charge in [-0.15, -0.1) is 0 Å². The van der Waals surface area contributed by atoms with E-state index in [0.29, 0.717) is 0 Å². The van der Waals surface area contributed by atoms with Crippen molar-refractivity contribution in [1.82, 2.24) is 4.90 Å². The number of hydrogen-bond acceptors (Lipinski definition) is 3. The summed E-state index contributed by atoms with van der Waals surface area (Å²) in [6, 6.07) is 10.00. The Morgan fingerprint density at radius 2 is 2.11 bits per heavy atom. The SMILES string of the molecule is CN1CCCC(CN(C)c2ccc(C#N)cc2)C1. The lowest BCUT2D eigenvalue weighted by atomic mass is 9.98. The van der Waals surface area contributed by atoms with Gasteiger partial charge in [0.15, 0.2) is 0 Å². The normalized spacial score (nSPS) is 20.4. The van der Waals surface area contributed by atoms with Crippen LogP contribution >= 0.6 is 0 Å².